The summed E-state index contributed by atoms with van der Waals surface area (Å²) in [6.07, 6.45) is -4.37. The molecule has 1 aliphatic rings. The predicted octanol–water partition coefficient (Wildman–Crippen LogP) is 2.13. The second-order valence-corrected chi connectivity index (χ2v) is 4.76. The predicted molar refractivity (Wildman–Crippen MR) is 58.2 cm³/mol. The minimum absolute atomic E-state index is 0.00649. The van der Waals surface area contributed by atoms with E-state index in [-0.39, 0.29) is 24.3 Å². The van der Waals surface area contributed by atoms with Crippen LogP contribution < -0.4 is 5.32 Å². The zero-order chi connectivity index (χ0) is 13.1. The molecule has 100 valence electrons. The minimum Gasteiger partial charge on any atom is -0.329 e. The Morgan fingerprint density at radius 3 is 2.53 bits per heavy atom. The van der Waals surface area contributed by atoms with E-state index in [0.29, 0.717) is 19.6 Å². The number of nitrogens with one attached hydrogen (secondary N) is 1. The van der Waals surface area contributed by atoms with Crippen LogP contribution in [0.5, 0.6) is 0 Å². The van der Waals surface area contributed by atoms with E-state index in [9.17, 15) is 18.0 Å². The monoisotopic (exact) mass is 252 g/mol. The number of hydrogen-bond acceptors (Lipinski definition) is 2. The van der Waals surface area contributed by atoms with Gasteiger partial charge < -0.3 is 4.90 Å². The fourth-order valence-electron chi connectivity index (χ4n) is 1.91. The summed E-state index contributed by atoms with van der Waals surface area (Å²) in [5.41, 5.74) is 0. The van der Waals surface area contributed by atoms with Gasteiger partial charge in [-0.2, -0.15) is 13.2 Å². The zero-order valence-electron chi connectivity index (χ0n) is 10.2. The van der Waals surface area contributed by atoms with Crippen LogP contribution in [0, 0.1) is 5.92 Å². The number of carbonyl (C=O) groups excluding carboxylic acids is 1. The molecule has 1 heterocycles. The lowest BCUT2D eigenvalue weighted by atomic mass is 10.1. The van der Waals surface area contributed by atoms with Crippen molar-refractivity contribution in [3.05, 3.63) is 0 Å². The van der Waals surface area contributed by atoms with Gasteiger partial charge in [-0.3, -0.25) is 10.1 Å². The van der Waals surface area contributed by atoms with E-state index in [4.69, 9.17) is 0 Å². The molecule has 1 rings (SSSR count). The first-order chi connectivity index (χ1) is 7.81. The Kier molecular flexibility index (Phi) is 4.80. The molecule has 0 aromatic rings. The number of halogens is 3. The van der Waals surface area contributed by atoms with Crippen molar-refractivity contribution in [2.45, 2.75) is 45.3 Å². The Balaban J connectivity index is 2.23. The van der Waals surface area contributed by atoms with Crippen LogP contribution >= 0.6 is 0 Å². The highest BCUT2D eigenvalue weighted by atomic mass is 19.4. The standard InChI is InChI=1S/C11H19F3N2O/c1-8(2)9-10(17)16(7-15-9)6-4-3-5-11(12,13)14/h8-9,15H,3-7H2,1-2H3. The first kappa shape index (κ1) is 14.3. The van der Waals surface area contributed by atoms with Crippen molar-refractivity contribution in [3.63, 3.8) is 0 Å². The Bertz CT molecular complexity index is 266. The SMILES string of the molecule is CC(C)C1NCN(CCCCC(F)(F)F)C1=O. The van der Waals surface area contributed by atoms with E-state index >= 15 is 0 Å². The molecular formula is C11H19F3N2O. The van der Waals surface area contributed by atoms with E-state index < -0.39 is 12.6 Å². The smallest absolute Gasteiger partial charge is 0.329 e. The van der Waals surface area contributed by atoms with Crippen LogP contribution in [-0.2, 0) is 4.79 Å². The van der Waals surface area contributed by atoms with Crippen molar-refractivity contribution in [2.75, 3.05) is 13.2 Å². The number of alkyl halides is 3. The third kappa shape index (κ3) is 4.53. The third-order valence-corrected chi connectivity index (χ3v) is 2.88. The number of nitrogens with zero attached hydrogens (tertiary/aromatic N) is 1. The van der Waals surface area contributed by atoms with Gasteiger partial charge in [0.1, 0.15) is 0 Å². The van der Waals surface area contributed by atoms with Crippen molar-refractivity contribution in [2.24, 2.45) is 5.92 Å². The lowest BCUT2D eigenvalue weighted by Crippen LogP contribution is -2.35. The van der Waals surface area contributed by atoms with Crippen molar-refractivity contribution in [1.29, 1.82) is 0 Å². The highest BCUT2D eigenvalue weighted by Crippen LogP contribution is 2.22. The molecular weight excluding hydrogens is 233 g/mol. The maximum Gasteiger partial charge on any atom is 0.389 e. The number of unbranched alkanes of at least 4 members (excludes halogenated alkanes) is 1. The molecule has 1 unspecified atom stereocenters. The first-order valence-corrected chi connectivity index (χ1v) is 5.90. The van der Waals surface area contributed by atoms with Gasteiger partial charge in [0, 0.05) is 13.0 Å². The summed E-state index contributed by atoms with van der Waals surface area (Å²) in [4.78, 5) is 13.4. The molecule has 1 fully saturated rings. The van der Waals surface area contributed by atoms with Gasteiger partial charge in [-0.05, 0) is 18.8 Å². The van der Waals surface area contributed by atoms with E-state index in [1.54, 1.807) is 4.90 Å². The zero-order valence-corrected chi connectivity index (χ0v) is 10.2. The van der Waals surface area contributed by atoms with Crippen LogP contribution in [0.1, 0.15) is 33.1 Å². The number of carbonyl (C=O) groups is 1. The quantitative estimate of drug-likeness (QED) is 0.760. The summed E-state index contributed by atoms with van der Waals surface area (Å²) < 4.78 is 35.7. The second kappa shape index (κ2) is 5.71. The molecule has 0 bridgehead atoms. The summed E-state index contributed by atoms with van der Waals surface area (Å²) in [6.45, 7) is 4.75. The Morgan fingerprint density at radius 1 is 1.41 bits per heavy atom. The van der Waals surface area contributed by atoms with Crippen molar-refractivity contribution in [3.8, 4) is 0 Å². The molecule has 0 aliphatic carbocycles. The second-order valence-electron chi connectivity index (χ2n) is 4.76. The van der Waals surface area contributed by atoms with Crippen LogP contribution in [0.4, 0.5) is 13.2 Å². The van der Waals surface area contributed by atoms with Gasteiger partial charge in [0.2, 0.25) is 5.91 Å². The molecule has 6 heteroatoms. The normalized spacial score (nSPS) is 21.6. The van der Waals surface area contributed by atoms with E-state index in [1.807, 2.05) is 13.8 Å². The summed E-state index contributed by atoms with van der Waals surface area (Å²) >= 11 is 0. The third-order valence-electron chi connectivity index (χ3n) is 2.88. The Morgan fingerprint density at radius 2 is 2.06 bits per heavy atom. The molecule has 0 aromatic carbocycles. The van der Waals surface area contributed by atoms with Crippen molar-refractivity contribution < 1.29 is 18.0 Å². The summed E-state index contributed by atoms with van der Waals surface area (Å²) in [7, 11) is 0. The molecule has 1 atom stereocenters. The largest absolute Gasteiger partial charge is 0.389 e. The van der Waals surface area contributed by atoms with Gasteiger partial charge >= 0.3 is 6.18 Å². The van der Waals surface area contributed by atoms with Crippen LogP contribution in [-0.4, -0.2) is 36.2 Å². The van der Waals surface area contributed by atoms with Gasteiger partial charge in [-0.25, -0.2) is 0 Å². The molecule has 0 aromatic heterocycles. The maximum atomic E-state index is 11.9. The first-order valence-electron chi connectivity index (χ1n) is 5.90. The number of amides is 1. The molecule has 1 N–H and O–H groups in total. The highest BCUT2D eigenvalue weighted by molar-refractivity contribution is 5.83. The average Bonchev–Trinajstić information content (AvgIpc) is 2.53. The van der Waals surface area contributed by atoms with Crippen LogP contribution in [0.3, 0.4) is 0 Å². The molecule has 0 spiro atoms. The van der Waals surface area contributed by atoms with E-state index in [1.165, 1.54) is 0 Å². The Hall–Kier alpha value is -0.780. The van der Waals surface area contributed by atoms with Crippen LogP contribution in [0.2, 0.25) is 0 Å². The van der Waals surface area contributed by atoms with Gasteiger partial charge in [-0.1, -0.05) is 13.8 Å². The maximum absolute atomic E-state index is 11.9. The lowest BCUT2D eigenvalue weighted by Gasteiger charge is -2.16. The molecule has 17 heavy (non-hydrogen) atoms. The molecule has 1 amide bonds. The number of hydrogen-bond donors (Lipinski definition) is 1. The highest BCUT2D eigenvalue weighted by Gasteiger charge is 2.33. The summed E-state index contributed by atoms with van der Waals surface area (Å²) in [5, 5.41) is 3.07. The topological polar surface area (TPSA) is 32.3 Å². The molecule has 0 saturated carbocycles. The van der Waals surface area contributed by atoms with Gasteiger partial charge in [-0.15, -0.1) is 0 Å². The average molecular weight is 252 g/mol. The van der Waals surface area contributed by atoms with Gasteiger partial charge in [0.15, 0.2) is 0 Å². The fourth-order valence-corrected chi connectivity index (χ4v) is 1.91. The van der Waals surface area contributed by atoms with Gasteiger partial charge in [0.05, 0.1) is 12.7 Å². The molecule has 1 aliphatic heterocycles. The number of rotatable bonds is 5. The molecule has 0 radical (unpaired) electrons. The fraction of sp³-hybridized carbons (Fsp3) is 0.909. The summed E-state index contributed by atoms with van der Waals surface area (Å²) in [6, 6.07) is -0.183. The van der Waals surface area contributed by atoms with Crippen LogP contribution in [0.15, 0.2) is 0 Å². The minimum atomic E-state index is -4.09. The summed E-state index contributed by atoms with van der Waals surface area (Å²) in [5.74, 6) is 0.217. The van der Waals surface area contributed by atoms with Crippen LogP contribution in [0.25, 0.3) is 0 Å². The van der Waals surface area contributed by atoms with Crippen molar-refractivity contribution in [1.82, 2.24) is 10.2 Å². The van der Waals surface area contributed by atoms with E-state index in [2.05, 4.69) is 5.32 Å². The molecule has 3 nitrogen and oxygen atoms in total. The van der Waals surface area contributed by atoms with Gasteiger partial charge in [0.25, 0.3) is 0 Å². The Labute approximate surface area is 99.4 Å². The lowest BCUT2D eigenvalue weighted by molar-refractivity contribution is -0.136. The van der Waals surface area contributed by atoms with E-state index in [0.717, 1.165) is 0 Å². The van der Waals surface area contributed by atoms with Crippen molar-refractivity contribution >= 4 is 5.91 Å². The molecule has 1 saturated heterocycles.